The van der Waals surface area contributed by atoms with Crippen molar-refractivity contribution in [2.45, 2.75) is 39.3 Å². The molecule has 0 amide bonds. The number of nitrogens with zero attached hydrogens (tertiary/aromatic N) is 2. The minimum Gasteiger partial charge on any atom is -0.344 e. The molecule has 1 N–H and O–H groups in total. The van der Waals surface area contributed by atoms with Gasteiger partial charge in [0.2, 0.25) is 0 Å². The summed E-state index contributed by atoms with van der Waals surface area (Å²) >= 11 is 0. The van der Waals surface area contributed by atoms with Gasteiger partial charge in [0, 0.05) is 49.0 Å². The maximum atomic E-state index is 4.29. The molecule has 0 atom stereocenters. The number of anilines is 2. The Morgan fingerprint density at radius 3 is 2.57 bits per heavy atom. The van der Waals surface area contributed by atoms with E-state index in [0.29, 0.717) is 6.04 Å². The highest BCUT2D eigenvalue weighted by molar-refractivity contribution is 5.66. The quantitative estimate of drug-likeness (QED) is 0.905. The highest BCUT2D eigenvalue weighted by Gasteiger charge is 2.21. The van der Waals surface area contributed by atoms with Crippen LogP contribution in [0, 0.1) is 13.8 Å². The van der Waals surface area contributed by atoms with Gasteiger partial charge in [0.05, 0.1) is 0 Å². The van der Waals surface area contributed by atoms with Crippen molar-refractivity contribution in [2.24, 2.45) is 0 Å². The van der Waals surface area contributed by atoms with E-state index >= 15 is 0 Å². The molecule has 110 valence electrons. The molecule has 1 fully saturated rings. The highest BCUT2D eigenvalue weighted by atomic mass is 15.1. The molecule has 1 aliphatic carbocycles. The molecule has 1 saturated carbocycles. The molecule has 0 spiro atoms. The topological polar surface area (TPSA) is 28.2 Å². The molecular weight excluding hydrogens is 258 g/mol. The van der Waals surface area contributed by atoms with Crippen molar-refractivity contribution in [2.75, 3.05) is 11.9 Å². The van der Waals surface area contributed by atoms with Gasteiger partial charge in [-0.3, -0.25) is 4.98 Å². The van der Waals surface area contributed by atoms with Crippen molar-refractivity contribution in [3.63, 3.8) is 0 Å². The molecule has 0 saturated heterocycles. The van der Waals surface area contributed by atoms with E-state index in [1.165, 1.54) is 40.9 Å². The van der Waals surface area contributed by atoms with Crippen LogP contribution in [0.1, 0.15) is 29.5 Å². The van der Waals surface area contributed by atoms with Crippen LogP contribution in [0.15, 0.2) is 36.7 Å². The van der Waals surface area contributed by atoms with Crippen LogP contribution in [0.3, 0.4) is 0 Å². The Hall–Kier alpha value is -1.87. The fourth-order valence-electron chi connectivity index (χ4n) is 2.71. The van der Waals surface area contributed by atoms with Gasteiger partial charge in [-0.1, -0.05) is 6.07 Å². The van der Waals surface area contributed by atoms with Gasteiger partial charge < -0.3 is 10.2 Å². The molecular formula is C18H23N3. The minimum atomic E-state index is 0.713. The molecule has 2 aromatic rings. The van der Waals surface area contributed by atoms with Crippen LogP contribution in [-0.2, 0) is 6.54 Å². The summed E-state index contributed by atoms with van der Waals surface area (Å²) in [7, 11) is 2.13. The maximum Gasteiger partial charge on any atom is 0.0484 e. The molecule has 0 aliphatic heterocycles. The third-order valence-corrected chi connectivity index (χ3v) is 3.99. The number of rotatable bonds is 5. The first kappa shape index (κ1) is 14.1. The van der Waals surface area contributed by atoms with Gasteiger partial charge in [-0.05, 0) is 56.0 Å². The number of hydrogen-bond acceptors (Lipinski definition) is 3. The van der Waals surface area contributed by atoms with E-state index in [4.69, 9.17) is 0 Å². The lowest BCUT2D eigenvalue weighted by Crippen LogP contribution is -2.19. The van der Waals surface area contributed by atoms with Crippen LogP contribution in [0.2, 0.25) is 0 Å². The first-order chi connectivity index (χ1) is 10.1. The van der Waals surface area contributed by atoms with Gasteiger partial charge in [-0.2, -0.15) is 0 Å². The van der Waals surface area contributed by atoms with E-state index in [-0.39, 0.29) is 0 Å². The second-order valence-electron chi connectivity index (χ2n) is 6.06. The molecule has 21 heavy (non-hydrogen) atoms. The van der Waals surface area contributed by atoms with Crippen molar-refractivity contribution in [3.8, 4) is 0 Å². The summed E-state index contributed by atoms with van der Waals surface area (Å²) in [5.41, 5.74) is 6.30. The Bertz CT molecular complexity index is 612. The van der Waals surface area contributed by atoms with Crippen molar-refractivity contribution >= 4 is 11.4 Å². The van der Waals surface area contributed by atoms with Crippen LogP contribution < -0.4 is 10.2 Å². The standard InChI is InChI=1S/C18H23N3/c1-13-8-14(2)10-17(9-13)21(3)18-6-7-19-11-15(18)12-20-16-4-5-16/h6-11,16,20H,4-5,12H2,1-3H3. The molecule has 1 aliphatic rings. The molecule has 3 heteroatoms. The third-order valence-electron chi connectivity index (χ3n) is 3.99. The molecule has 0 radical (unpaired) electrons. The van der Waals surface area contributed by atoms with Crippen LogP contribution >= 0.6 is 0 Å². The summed E-state index contributed by atoms with van der Waals surface area (Å²) in [6, 6.07) is 9.47. The smallest absolute Gasteiger partial charge is 0.0484 e. The Kier molecular flexibility index (Phi) is 3.93. The monoisotopic (exact) mass is 281 g/mol. The summed E-state index contributed by atoms with van der Waals surface area (Å²) < 4.78 is 0. The molecule has 3 nitrogen and oxygen atoms in total. The van der Waals surface area contributed by atoms with E-state index in [1.54, 1.807) is 0 Å². The van der Waals surface area contributed by atoms with Crippen molar-refractivity contribution in [1.29, 1.82) is 0 Å². The minimum absolute atomic E-state index is 0.713. The molecule has 1 aromatic heterocycles. The summed E-state index contributed by atoms with van der Waals surface area (Å²) in [6.45, 7) is 5.18. The number of nitrogens with one attached hydrogen (secondary N) is 1. The third kappa shape index (κ3) is 3.42. The lowest BCUT2D eigenvalue weighted by Gasteiger charge is -2.23. The lowest BCUT2D eigenvalue weighted by molar-refractivity contribution is 0.685. The highest BCUT2D eigenvalue weighted by Crippen LogP contribution is 2.28. The van der Waals surface area contributed by atoms with Gasteiger partial charge >= 0.3 is 0 Å². The predicted molar refractivity (Wildman–Crippen MR) is 88.1 cm³/mol. The van der Waals surface area contributed by atoms with Gasteiger partial charge in [-0.15, -0.1) is 0 Å². The number of benzene rings is 1. The molecule has 0 unspecified atom stereocenters. The molecule has 1 heterocycles. The van der Waals surface area contributed by atoms with Gasteiger partial charge in [0.1, 0.15) is 0 Å². The zero-order valence-corrected chi connectivity index (χ0v) is 13.1. The van der Waals surface area contributed by atoms with E-state index in [9.17, 15) is 0 Å². The number of aromatic nitrogens is 1. The van der Waals surface area contributed by atoms with Gasteiger partial charge in [0.25, 0.3) is 0 Å². The van der Waals surface area contributed by atoms with Crippen molar-refractivity contribution in [3.05, 3.63) is 53.3 Å². The van der Waals surface area contributed by atoms with Crippen LogP contribution in [0.25, 0.3) is 0 Å². The van der Waals surface area contributed by atoms with E-state index in [0.717, 1.165) is 6.54 Å². The average Bonchev–Trinajstić information content (AvgIpc) is 3.28. The SMILES string of the molecule is Cc1cc(C)cc(N(C)c2ccncc2CNC2CC2)c1. The van der Waals surface area contributed by atoms with Crippen LogP contribution in [0.4, 0.5) is 11.4 Å². The fourth-order valence-corrected chi connectivity index (χ4v) is 2.71. The second-order valence-corrected chi connectivity index (χ2v) is 6.06. The molecule has 0 bridgehead atoms. The summed E-state index contributed by atoms with van der Waals surface area (Å²) in [5.74, 6) is 0. The fraction of sp³-hybridized carbons (Fsp3) is 0.389. The van der Waals surface area contributed by atoms with Crippen molar-refractivity contribution < 1.29 is 0 Å². The van der Waals surface area contributed by atoms with Crippen LogP contribution in [-0.4, -0.2) is 18.1 Å². The normalized spacial score (nSPS) is 14.2. The number of aryl methyl sites for hydroxylation is 2. The van der Waals surface area contributed by atoms with E-state index in [1.807, 2.05) is 12.4 Å². The molecule has 3 rings (SSSR count). The lowest BCUT2D eigenvalue weighted by atomic mass is 10.1. The van der Waals surface area contributed by atoms with Gasteiger partial charge in [0.15, 0.2) is 0 Å². The van der Waals surface area contributed by atoms with Crippen LogP contribution in [0.5, 0.6) is 0 Å². The maximum absolute atomic E-state index is 4.29. The predicted octanol–water partition coefficient (Wildman–Crippen LogP) is 3.72. The summed E-state index contributed by atoms with van der Waals surface area (Å²) in [5, 5.41) is 3.58. The first-order valence-corrected chi connectivity index (χ1v) is 7.62. The van der Waals surface area contributed by atoms with Crippen molar-refractivity contribution in [1.82, 2.24) is 10.3 Å². The Morgan fingerprint density at radius 1 is 1.19 bits per heavy atom. The summed E-state index contributed by atoms with van der Waals surface area (Å²) in [6.07, 6.45) is 6.46. The second kappa shape index (κ2) is 5.86. The number of pyridine rings is 1. The summed E-state index contributed by atoms with van der Waals surface area (Å²) in [4.78, 5) is 6.54. The zero-order valence-electron chi connectivity index (χ0n) is 13.1. The Balaban J connectivity index is 1.87. The van der Waals surface area contributed by atoms with E-state index < -0.39 is 0 Å². The largest absolute Gasteiger partial charge is 0.344 e. The zero-order chi connectivity index (χ0) is 14.8. The van der Waals surface area contributed by atoms with E-state index in [2.05, 4.69) is 60.4 Å². The molecule has 1 aromatic carbocycles. The first-order valence-electron chi connectivity index (χ1n) is 7.62. The Labute approximate surface area is 127 Å². The Morgan fingerprint density at radius 2 is 1.90 bits per heavy atom. The van der Waals surface area contributed by atoms with Gasteiger partial charge in [-0.25, -0.2) is 0 Å². The average molecular weight is 281 g/mol. The number of hydrogen-bond donors (Lipinski definition) is 1.